The van der Waals surface area contributed by atoms with E-state index >= 15 is 0 Å². The molecule has 0 bridgehead atoms. The SMILES string of the molecule is CS(=O)(=O)NCCCc1ccc(N2C(=O)C(CC[C@H](O)c3ccc(F)cc3)[C@H]2c2ccc(CCC(O)(CO)CO[C@@H]3O[C@H](C(=O)O)[C@@H](O)[C@H](O)[C@H]3O)cc2)cc1. The molecule has 2 unspecified atom stereocenters. The van der Waals surface area contributed by atoms with E-state index in [9.17, 15) is 58.1 Å². The number of carboxylic acids is 1. The highest BCUT2D eigenvalue weighted by molar-refractivity contribution is 7.88. The third-order valence-electron chi connectivity index (χ3n) is 10.3. The number of carbonyl (C=O) groups is 2. The molecular formula is C39H49FN2O13S. The third-order valence-corrected chi connectivity index (χ3v) is 11.0. The zero-order valence-electron chi connectivity index (χ0n) is 30.7. The quantitative estimate of drug-likeness (QED) is 0.0626. The summed E-state index contributed by atoms with van der Waals surface area (Å²) in [6.45, 7) is -1.06. The summed E-state index contributed by atoms with van der Waals surface area (Å²) in [6.07, 6.45) is -6.99. The molecule has 306 valence electrons. The van der Waals surface area contributed by atoms with Gasteiger partial charge in [0.1, 0.15) is 29.7 Å². The Morgan fingerprint density at radius 3 is 2.20 bits per heavy atom. The second-order valence-electron chi connectivity index (χ2n) is 14.5. The lowest BCUT2D eigenvalue weighted by atomic mass is 9.78. The van der Waals surface area contributed by atoms with Crippen molar-refractivity contribution in [3.8, 4) is 0 Å². The van der Waals surface area contributed by atoms with Crippen molar-refractivity contribution in [1.82, 2.24) is 4.72 Å². The molecule has 0 saturated carbocycles. The van der Waals surface area contributed by atoms with Crippen LogP contribution in [0.1, 0.15) is 60.1 Å². The number of benzene rings is 3. The van der Waals surface area contributed by atoms with Crippen molar-refractivity contribution in [3.63, 3.8) is 0 Å². The van der Waals surface area contributed by atoms with Crippen LogP contribution in [0.2, 0.25) is 0 Å². The van der Waals surface area contributed by atoms with E-state index in [2.05, 4.69) is 4.72 Å². The summed E-state index contributed by atoms with van der Waals surface area (Å²) in [7, 11) is -3.28. The predicted octanol–water partition coefficient (Wildman–Crippen LogP) is 1.09. The first-order chi connectivity index (χ1) is 26.5. The number of sulfonamides is 1. The topological polar surface area (TPSA) is 244 Å². The monoisotopic (exact) mass is 804 g/mol. The first kappa shape index (κ1) is 43.2. The number of β-lactam (4-membered cyclic amide) rings is 1. The fourth-order valence-corrected chi connectivity index (χ4v) is 7.46. The molecule has 2 fully saturated rings. The second-order valence-corrected chi connectivity index (χ2v) is 16.3. The van der Waals surface area contributed by atoms with Gasteiger partial charge in [0, 0.05) is 12.2 Å². The molecule has 3 aromatic carbocycles. The molecule has 8 N–H and O–H groups in total. The van der Waals surface area contributed by atoms with Crippen molar-refractivity contribution < 1.29 is 67.6 Å². The maximum Gasteiger partial charge on any atom is 0.335 e. The van der Waals surface area contributed by atoms with Crippen molar-refractivity contribution in [2.45, 2.75) is 87.0 Å². The Hall–Kier alpha value is -3.88. The van der Waals surface area contributed by atoms with E-state index in [1.807, 2.05) is 48.5 Å². The number of aliphatic hydroxyl groups excluding tert-OH is 5. The Morgan fingerprint density at radius 1 is 0.964 bits per heavy atom. The first-order valence-corrected chi connectivity index (χ1v) is 20.2. The van der Waals surface area contributed by atoms with E-state index in [4.69, 9.17) is 9.47 Å². The first-order valence-electron chi connectivity index (χ1n) is 18.3. The number of halogens is 1. The molecule has 0 spiro atoms. The second kappa shape index (κ2) is 18.6. The lowest BCUT2D eigenvalue weighted by Gasteiger charge is -2.48. The van der Waals surface area contributed by atoms with E-state index in [1.54, 1.807) is 4.90 Å². The average molecular weight is 805 g/mol. The van der Waals surface area contributed by atoms with Crippen LogP contribution in [0.3, 0.4) is 0 Å². The number of aliphatic carboxylic acids is 1. The summed E-state index contributed by atoms with van der Waals surface area (Å²) >= 11 is 0. The highest BCUT2D eigenvalue weighted by atomic mass is 32.2. The van der Waals surface area contributed by atoms with Crippen molar-refractivity contribution in [1.29, 1.82) is 0 Å². The van der Waals surface area contributed by atoms with Crippen molar-refractivity contribution >= 4 is 27.6 Å². The zero-order chi connectivity index (χ0) is 40.8. The minimum Gasteiger partial charge on any atom is -0.479 e. The molecule has 9 atom stereocenters. The number of hydrogen-bond acceptors (Lipinski definition) is 12. The maximum atomic E-state index is 13.7. The highest BCUT2D eigenvalue weighted by Gasteiger charge is 2.49. The number of aliphatic hydroxyl groups is 6. The summed E-state index contributed by atoms with van der Waals surface area (Å²) in [5.41, 5.74) is 1.88. The number of carboxylic acid groups (broad SMARTS) is 1. The fraction of sp³-hybridized carbons (Fsp3) is 0.487. The van der Waals surface area contributed by atoms with Crippen LogP contribution < -0.4 is 9.62 Å². The fourth-order valence-electron chi connectivity index (χ4n) is 6.94. The van der Waals surface area contributed by atoms with Gasteiger partial charge in [-0.25, -0.2) is 22.3 Å². The molecule has 2 heterocycles. The van der Waals surface area contributed by atoms with Crippen LogP contribution in [0.25, 0.3) is 0 Å². The van der Waals surface area contributed by atoms with E-state index < -0.39 is 89.4 Å². The van der Waals surface area contributed by atoms with Crippen LogP contribution in [0.5, 0.6) is 0 Å². The Balaban J connectivity index is 1.26. The number of ether oxygens (including phenoxy) is 2. The Bertz CT molecular complexity index is 1880. The highest BCUT2D eigenvalue weighted by Crippen LogP contribution is 2.46. The van der Waals surface area contributed by atoms with Crippen LogP contribution in [0.4, 0.5) is 10.1 Å². The molecule has 17 heteroatoms. The minimum atomic E-state index is -3.28. The number of hydrogen-bond donors (Lipinski definition) is 8. The van der Waals surface area contributed by atoms with Gasteiger partial charge in [-0.3, -0.25) is 4.79 Å². The molecule has 5 rings (SSSR count). The Morgan fingerprint density at radius 2 is 1.59 bits per heavy atom. The van der Waals surface area contributed by atoms with E-state index in [1.165, 1.54) is 24.3 Å². The number of nitrogens with zero attached hydrogens (tertiary/aromatic N) is 1. The van der Waals surface area contributed by atoms with E-state index in [-0.39, 0.29) is 25.2 Å². The summed E-state index contributed by atoms with van der Waals surface area (Å²) in [6, 6.07) is 19.9. The number of rotatable bonds is 19. The number of aryl methyl sites for hydroxylation is 2. The van der Waals surface area contributed by atoms with Gasteiger partial charge >= 0.3 is 5.97 Å². The molecule has 0 radical (unpaired) electrons. The van der Waals surface area contributed by atoms with Gasteiger partial charge in [0.2, 0.25) is 15.9 Å². The molecule has 2 aliphatic heterocycles. The van der Waals surface area contributed by atoms with E-state index in [0.717, 1.165) is 22.9 Å². The van der Waals surface area contributed by atoms with Crippen molar-refractivity contribution in [3.05, 3.63) is 101 Å². The van der Waals surface area contributed by atoms with Crippen LogP contribution in [-0.4, -0.2) is 118 Å². The standard InChI is InChI=1S/C39H49FN2O13S/c1-56(52,53)41-20-2-3-23-6-14-28(15-7-23)42-31(29(36(42)48)16-17-30(44)25-10-12-27(40)13-11-25)26-8-4-24(5-9-26)18-19-39(51,21-43)22-54-38-34(47)32(45)33(46)35(55-38)37(49)50/h4-15,29-35,38,41,43-47,51H,2-3,16-22H2,1H3,(H,49,50)/t29?,30-,31+,32-,33-,34+,35-,38+,39?/m0/s1. The summed E-state index contributed by atoms with van der Waals surface area (Å²) in [5, 5.41) is 71.4. The largest absolute Gasteiger partial charge is 0.479 e. The smallest absolute Gasteiger partial charge is 0.335 e. The van der Waals surface area contributed by atoms with Gasteiger partial charge < -0.3 is 50.1 Å². The molecule has 0 aliphatic carbocycles. The number of anilines is 1. The van der Waals surface area contributed by atoms with E-state index in [0.29, 0.717) is 37.1 Å². The van der Waals surface area contributed by atoms with Crippen LogP contribution >= 0.6 is 0 Å². The third kappa shape index (κ3) is 10.7. The molecule has 56 heavy (non-hydrogen) atoms. The summed E-state index contributed by atoms with van der Waals surface area (Å²) < 4.78 is 49.1. The molecular weight excluding hydrogens is 755 g/mol. The van der Waals surface area contributed by atoms with Crippen LogP contribution in [0, 0.1) is 11.7 Å². The maximum absolute atomic E-state index is 13.7. The normalized spacial score (nSPS) is 25.7. The number of nitrogens with one attached hydrogen (secondary N) is 1. The molecule has 1 amide bonds. The van der Waals surface area contributed by atoms with Crippen molar-refractivity contribution in [2.75, 3.05) is 30.9 Å². The van der Waals surface area contributed by atoms with Gasteiger partial charge in [-0.1, -0.05) is 48.5 Å². The van der Waals surface area contributed by atoms with Crippen LogP contribution in [-0.2, 0) is 41.9 Å². The van der Waals surface area contributed by atoms with Gasteiger partial charge in [0.15, 0.2) is 12.4 Å². The van der Waals surface area contributed by atoms with Gasteiger partial charge in [-0.2, -0.15) is 0 Å². The number of amides is 1. The Labute approximate surface area is 324 Å². The van der Waals surface area contributed by atoms with Gasteiger partial charge in [-0.15, -0.1) is 0 Å². The lowest BCUT2D eigenvalue weighted by molar-refractivity contribution is -0.303. The molecule has 15 nitrogen and oxygen atoms in total. The average Bonchev–Trinajstić information content (AvgIpc) is 3.17. The minimum absolute atomic E-state index is 0.0339. The molecule has 0 aromatic heterocycles. The van der Waals surface area contributed by atoms with Crippen molar-refractivity contribution in [2.24, 2.45) is 5.92 Å². The molecule has 2 aliphatic rings. The molecule has 2 saturated heterocycles. The van der Waals surface area contributed by atoms with Gasteiger partial charge in [0.05, 0.1) is 37.5 Å². The van der Waals surface area contributed by atoms with Gasteiger partial charge in [0.25, 0.3) is 0 Å². The summed E-state index contributed by atoms with van der Waals surface area (Å²) in [4.78, 5) is 26.8. The lowest BCUT2D eigenvalue weighted by Crippen LogP contribution is -2.61. The van der Waals surface area contributed by atoms with Crippen LogP contribution in [0.15, 0.2) is 72.8 Å². The summed E-state index contributed by atoms with van der Waals surface area (Å²) in [5.74, 6) is -2.63. The Kier molecular flexibility index (Phi) is 14.4. The van der Waals surface area contributed by atoms with Gasteiger partial charge in [-0.05, 0) is 85.0 Å². The predicted molar refractivity (Wildman–Crippen MR) is 199 cm³/mol. The number of carbonyl (C=O) groups excluding carboxylic acids is 1. The molecule has 3 aromatic rings. The zero-order valence-corrected chi connectivity index (χ0v) is 31.5.